The van der Waals surface area contributed by atoms with E-state index < -0.39 is 30.5 Å². The minimum Gasteiger partial charge on any atom is -0.490 e. The van der Waals surface area contributed by atoms with E-state index in [4.69, 9.17) is 10.5 Å². The third kappa shape index (κ3) is 5.33. The van der Waals surface area contributed by atoms with Crippen LogP contribution in [-0.2, 0) is 11.7 Å². The first-order valence-corrected chi connectivity index (χ1v) is 11.0. The SMILES string of the molecule is CCCC[C@H]1CC[C@@H](Oc2ccc3cc(C(N)(CO)CO)ccc3c2C(F)(F)F)CC1. The number of hydrogen-bond acceptors (Lipinski definition) is 4. The fraction of sp³-hybridized carbons (Fsp3) is 0.583. The molecule has 1 saturated carbocycles. The average Bonchev–Trinajstić information content (AvgIpc) is 2.76. The fourth-order valence-electron chi connectivity index (χ4n) is 4.45. The summed E-state index contributed by atoms with van der Waals surface area (Å²) in [6.07, 6.45) is 2.26. The van der Waals surface area contributed by atoms with E-state index in [0.717, 1.165) is 32.1 Å². The Labute approximate surface area is 181 Å². The van der Waals surface area contributed by atoms with Gasteiger partial charge in [-0.3, -0.25) is 0 Å². The first kappa shape index (κ1) is 23.8. The van der Waals surface area contributed by atoms with Gasteiger partial charge < -0.3 is 20.7 Å². The molecule has 4 nitrogen and oxygen atoms in total. The summed E-state index contributed by atoms with van der Waals surface area (Å²) in [4.78, 5) is 0. The third-order valence-corrected chi connectivity index (χ3v) is 6.46. The van der Waals surface area contributed by atoms with E-state index in [1.807, 2.05) is 0 Å². The van der Waals surface area contributed by atoms with Crippen molar-refractivity contribution in [2.24, 2.45) is 11.7 Å². The molecule has 2 aromatic carbocycles. The predicted molar refractivity (Wildman–Crippen MR) is 115 cm³/mol. The summed E-state index contributed by atoms with van der Waals surface area (Å²) in [5.41, 5.74) is 4.14. The largest absolute Gasteiger partial charge is 0.490 e. The Bertz CT molecular complexity index is 872. The maximum atomic E-state index is 14.0. The smallest absolute Gasteiger partial charge is 0.420 e. The van der Waals surface area contributed by atoms with Crippen LogP contribution in [-0.4, -0.2) is 29.5 Å². The molecule has 0 aliphatic heterocycles. The van der Waals surface area contributed by atoms with Crippen molar-refractivity contribution < 1.29 is 28.1 Å². The number of rotatable bonds is 8. The Morgan fingerprint density at radius 1 is 1.03 bits per heavy atom. The summed E-state index contributed by atoms with van der Waals surface area (Å²) >= 11 is 0. The number of ether oxygens (including phenoxy) is 1. The summed E-state index contributed by atoms with van der Waals surface area (Å²) in [7, 11) is 0. The molecule has 172 valence electrons. The summed E-state index contributed by atoms with van der Waals surface area (Å²) in [5.74, 6) is 0.500. The lowest BCUT2D eigenvalue weighted by Crippen LogP contribution is -2.44. The van der Waals surface area contributed by atoms with Gasteiger partial charge in [0.1, 0.15) is 11.3 Å². The Balaban J connectivity index is 1.89. The van der Waals surface area contributed by atoms with E-state index in [1.165, 1.54) is 37.1 Å². The highest BCUT2D eigenvalue weighted by molar-refractivity contribution is 5.89. The van der Waals surface area contributed by atoms with E-state index in [0.29, 0.717) is 16.9 Å². The number of benzene rings is 2. The normalized spacial score (nSPS) is 20.2. The lowest BCUT2D eigenvalue weighted by Gasteiger charge is -2.30. The summed E-state index contributed by atoms with van der Waals surface area (Å²) in [6.45, 7) is 1.11. The second-order valence-corrected chi connectivity index (χ2v) is 8.75. The van der Waals surface area contributed by atoms with E-state index in [1.54, 1.807) is 6.07 Å². The zero-order valence-electron chi connectivity index (χ0n) is 17.9. The summed E-state index contributed by atoms with van der Waals surface area (Å²) in [5, 5.41) is 19.4. The monoisotopic (exact) mass is 439 g/mol. The molecular formula is C24H32F3NO3. The zero-order chi connectivity index (χ0) is 22.6. The molecule has 0 amide bonds. The lowest BCUT2D eigenvalue weighted by molar-refractivity contribution is -0.138. The number of halogens is 3. The molecule has 3 rings (SSSR count). The topological polar surface area (TPSA) is 75.7 Å². The van der Waals surface area contributed by atoms with Crippen LogP contribution in [0.25, 0.3) is 10.8 Å². The minimum absolute atomic E-state index is 0.0172. The standard InChI is InChI=1S/C24H32F3NO3/c1-2-3-4-16-5-9-19(10-6-16)31-21-12-7-17-13-18(23(28,14-29)15-30)8-11-20(17)22(21)24(25,26)27/h7-8,11-13,16,19,29-30H,2-6,9-10,14-15,28H2,1H3/t16-,19+. The molecule has 7 heteroatoms. The van der Waals surface area contributed by atoms with Gasteiger partial charge in [-0.05, 0) is 60.1 Å². The quantitative estimate of drug-likeness (QED) is 0.533. The number of unbranched alkanes of at least 4 members (excludes halogenated alkanes) is 1. The number of aliphatic hydroxyl groups is 2. The first-order chi connectivity index (χ1) is 14.7. The molecule has 0 heterocycles. The molecule has 0 spiro atoms. The van der Waals surface area contributed by atoms with Gasteiger partial charge in [0, 0.05) is 0 Å². The van der Waals surface area contributed by atoms with Crippen LogP contribution in [0.2, 0.25) is 0 Å². The average molecular weight is 440 g/mol. The van der Waals surface area contributed by atoms with E-state index in [9.17, 15) is 23.4 Å². The molecule has 0 saturated heterocycles. The van der Waals surface area contributed by atoms with Crippen LogP contribution in [0.5, 0.6) is 5.75 Å². The van der Waals surface area contributed by atoms with Crippen LogP contribution < -0.4 is 10.5 Å². The van der Waals surface area contributed by atoms with Gasteiger partial charge in [-0.1, -0.05) is 44.4 Å². The zero-order valence-corrected chi connectivity index (χ0v) is 17.9. The molecule has 4 N–H and O–H groups in total. The second-order valence-electron chi connectivity index (χ2n) is 8.75. The van der Waals surface area contributed by atoms with Crippen LogP contribution in [0, 0.1) is 5.92 Å². The number of hydrogen-bond donors (Lipinski definition) is 3. The van der Waals surface area contributed by atoms with Gasteiger partial charge in [0.25, 0.3) is 0 Å². The molecule has 1 aliphatic carbocycles. The molecule has 1 fully saturated rings. The highest BCUT2D eigenvalue weighted by Crippen LogP contribution is 2.43. The van der Waals surface area contributed by atoms with Crippen molar-refractivity contribution in [2.45, 2.75) is 69.7 Å². The van der Waals surface area contributed by atoms with Crippen molar-refractivity contribution in [1.82, 2.24) is 0 Å². The molecular weight excluding hydrogens is 407 g/mol. The van der Waals surface area contributed by atoms with Crippen molar-refractivity contribution >= 4 is 10.8 Å². The van der Waals surface area contributed by atoms with Crippen molar-refractivity contribution in [3.05, 3.63) is 41.5 Å². The predicted octanol–water partition coefficient (Wildman–Crippen LogP) is 5.13. The van der Waals surface area contributed by atoms with Crippen molar-refractivity contribution in [3.8, 4) is 5.75 Å². The molecule has 1 aliphatic rings. The minimum atomic E-state index is -4.58. The van der Waals surface area contributed by atoms with Crippen LogP contribution in [0.15, 0.2) is 30.3 Å². The number of aliphatic hydroxyl groups excluding tert-OH is 2. The van der Waals surface area contributed by atoms with Gasteiger partial charge in [-0.2, -0.15) is 13.2 Å². The van der Waals surface area contributed by atoms with Crippen LogP contribution >= 0.6 is 0 Å². The third-order valence-electron chi connectivity index (χ3n) is 6.46. The highest BCUT2D eigenvalue weighted by atomic mass is 19.4. The van der Waals surface area contributed by atoms with Crippen LogP contribution in [0.4, 0.5) is 13.2 Å². The van der Waals surface area contributed by atoms with E-state index in [2.05, 4.69) is 6.92 Å². The molecule has 0 unspecified atom stereocenters. The number of alkyl halides is 3. The molecule has 2 aromatic rings. The number of fused-ring (bicyclic) bond motifs is 1. The Kier molecular flexibility index (Phi) is 7.50. The van der Waals surface area contributed by atoms with Crippen molar-refractivity contribution in [1.29, 1.82) is 0 Å². The Morgan fingerprint density at radius 3 is 2.29 bits per heavy atom. The lowest BCUT2D eigenvalue weighted by atomic mass is 9.84. The summed E-state index contributed by atoms with van der Waals surface area (Å²) in [6, 6.07) is 7.20. The van der Waals surface area contributed by atoms with Crippen molar-refractivity contribution in [3.63, 3.8) is 0 Å². The van der Waals surface area contributed by atoms with E-state index in [-0.39, 0.29) is 17.2 Å². The number of nitrogens with two attached hydrogens (primary N) is 1. The first-order valence-electron chi connectivity index (χ1n) is 11.0. The van der Waals surface area contributed by atoms with Gasteiger partial charge in [0.05, 0.1) is 24.9 Å². The van der Waals surface area contributed by atoms with Gasteiger partial charge in [-0.25, -0.2) is 0 Å². The maximum Gasteiger partial charge on any atom is 0.420 e. The Morgan fingerprint density at radius 2 is 1.71 bits per heavy atom. The van der Waals surface area contributed by atoms with E-state index >= 15 is 0 Å². The molecule has 0 radical (unpaired) electrons. The molecule has 0 aromatic heterocycles. The van der Waals surface area contributed by atoms with Crippen LogP contribution in [0.1, 0.15) is 63.0 Å². The fourth-order valence-corrected chi connectivity index (χ4v) is 4.45. The van der Waals surface area contributed by atoms with Crippen molar-refractivity contribution in [2.75, 3.05) is 13.2 Å². The molecule has 0 bridgehead atoms. The van der Waals surface area contributed by atoms with Gasteiger partial charge >= 0.3 is 6.18 Å². The summed E-state index contributed by atoms with van der Waals surface area (Å²) < 4.78 is 47.9. The van der Waals surface area contributed by atoms with Gasteiger partial charge in [0.2, 0.25) is 0 Å². The maximum absolute atomic E-state index is 14.0. The molecule has 0 atom stereocenters. The molecule has 31 heavy (non-hydrogen) atoms. The second kappa shape index (κ2) is 9.76. The van der Waals surface area contributed by atoms with Gasteiger partial charge in [0.15, 0.2) is 0 Å². The van der Waals surface area contributed by atoms with Gasteiger partial charge in [-0.15, -0.1) is 0 Å². The highest BCUT2D eigenvalue weighted by Gasteiger charge is 2.38. The van der Waals surface area contributed by atoms with Crippen LogP contribution in [0.3, 0.4) is 0 Å². The Hall–Kier alpha value is -1.83.